The van der Waals surface area contributed by atoms with Gasteiger partial charge in [-0.3, -0.25) is 4.79 Å². The predicted octanol–water partition coefficient (Wildman–Crippen LogP) is 2.83. The summed E-state index contributed by atoms with van der Waals surface area (Å²) in [5.41, 5.74) is 7.59. The Bertz CT molecular complexity index is 701. The maximum atomic E-state index is 12.1. The first-order chi connectivity index (χ1) is 10.2. The zero-order chi connectivity index (χ0) is 15.1. The van der Waals surface area contributed by atoms with E-state index in [9.17, 15) is 4.79 Å². The molecule has 0 atom stereocenters. The van der Waals surface area contributed by atoms with Crippen molar-refractivity contribution in [3.8, 4) is 11.8 Å². The fourth-order valence-electron chi connectivity index (χ4n) is 1.86. The highest BCUT2D eigenvalue weighted by atomic mass is 35.5. The zero-order valence-electron chi connectivity index (χ0n) is 11.4. The van der Waals surface area contributed by atoms with E-state index in [1.807, 2.05) is 42.5 Å². The van der Waals surface area contributed by atoms with E-state index < -0.39 is 0 Å². The number of halogens is 1. The molecule has 21 heavy (non-hydrogen) atoms. The largest absolute Gasteiger partial charge is 0.325 e. The van der Waals surface area contributed by atoms with Crippen molar-refractivity contribution in [2.24, 2.45) is 5.73 Å². The highest BCUT2D eigenvalue weighted by molar-refractivity contribution is 6.31. The maximum absolute atomic E-state index is 12.1. The molecule has 0 aromatic heterocycles. The zero-order valence-corrected chi connectivity index (χ0v) is 12.2. The van der Waals surface area contributed by atoms with Gasteiger partial charge in [0.2, 0.25) is 5.91 Å². The third-order valence-corrected chi connectivity index (χ3v) is 3.20. The van der Waals surface area contributed by atoms with E-state index in [2.05, 4.69) is 17.2 Å². The van der Waals surface area contributed by atoms with Crippen LogP contribution in [-0.4, -0.2) is 12.5 Å². The summed E-state index contributed by atoms with van der Waals surface area (Å²) in [5.74, 6) is 5.59. The lowest BCUT2D eigenvalue weighted by molar-refractivity contribution is -0.115. The molecular weight excluding hydrogens is 284 g/mol. The van der Waals surface area contributed by atoms with Crippen molar-refractivity contribution in [2.45, 2.75) is 6.42 Å². The molecule has 2 rings (SSSR count). The molecule has 0 spiro atoms. The first kappa shape index (κ1) is 15.1. The van der Waals surface area contributed by atoms with Gasteiger partial charge in [0, 0.05) is 10.6 Å². The average Bonchev–Trinajstić information content (AvgIpc) is 2.49. The fourth-order valence-corrected chi connectivity index (χ4v) is 2.06. The van der Waals surface area contributed by atoms with Crippen LogP contribution in [-0.2, 0) is 11.2 Å². The molecule has 0 unspecified atom stereocenters. The number of nitrogens with one attached hydrogen (secondary N) is 1. The van der Waals surface area contributed by atoms with Crippen LogP contribution in [0.2, 0.25) is 5.02 Å². The molecule has 0 aliphatic heterocycles. The van der Waals surface area contributed by atoms with Crippen molar-refractivity contribution < 1.29 is 4.79 Å². The number of para-hydroxylation sites is 1. The fraction of sp³-hybridized carbons (Fsp3) is 0.118. The van der Waals surface area contributed by atoms with Gasteiger partial charge in [-0.2, -0.15) is 0 Å². The number of carbonyl (C=O) groups excluding carboxylic acids is 1. The molecule has 0 bridgehead atoms. The van der Waals surface area contributed by atoms with E-state index in [1.54, 1.807) is 6.07 Å². The van der Waals surface area contributed by atoms with Crippen LogP contribution >= 0.6 is 11.6 Å². The molecule has 0 aliphatic rings. The van der Waals surface area contributed by atoms with Crippen LogP contribution in [0, 0.1) is 11.8 Å². The van der Waals surface area contributed by atoms with Crippen LogP contribution in [0.1, 0.15) is 11.1 Å². The van der Waals surface area contributed by atoms with E-state index in [4.69, 9.17) is 17.3 Å². The van der Waals surface area contributed by atoms with Gasteiger partial charge in [-0.1, -0.05) is 53.8 Å². The second-order valence-corrected chi connectivity index (χ2v) is 4.78. The molecule has 0 radical (unpaired) electrons. The molecule has 0 aliphatic carbocycles. The second kappa shape index (κ2) is 7.49. The molecule has 4 heteroatoms. The monoisotopic (exact) mass is 298 g/mol. The minimum Gasteiger partial charge on any atom is -0.325 e. The second-order valence-electron chi connectivity index (χ2n) is 4.37. The van der Waals surface area contributed by atoms with Crippen molar-refractivity contribution >= 4 is 23.2 Å². The quantitative estimate of drug-likeness (QED) is 0.856. The van der Waals surface area contributed by atoms with E-state index in [1.165, 1.54) is 0 Å². The molecule has 3 nitrogen and oxygen atoms in total. The summed E-state index contributed by atoms with van der Waals surface area (Å²) >= 11 is 6.05. The number of amides is 1. The van der Waals surface area contributed by atoms with Crippen molar-refractivity contribution in [2.75, 3.05) is 11.9 Å². The highest BCUT2D eigenvalue weighted by Gasteiger charge is 2.08. The van der Waals surface area contributed by atoms with E-state index in [-0.39, 0.29) is 18.9 Å². The van der Waals surface area contributed by atoms with Crippen LogP contribution in [0.25, 0.3) is 0 Å². The summed E-state index contributed by atoms with van der Waals surface area (Å²) < 4.78 is 0. The number of hydrogen-bond acceptors (Lipinski definition) is 2. The van der Waals surface area contributed by atoms with Crippen LogP contribution in [0.3, 0.4) is 0 Å². The normalized spacial score (nSPS) is 9.62. The van der Waals surface area contributed by atoms with E-state index in [0.717, 1.165) is 11.1 Å². The average molecular weight is 299 g/mol. The lowest BCUT2D eigenvalue weighted by atomic mass is 10.1. The molecule has 1 amide bonds. The number of hydrogen-bond donors (Lipinski definition) is 2. The van der Waals surface area contributed by atoms with Gasteiger partial charge in [0.1, 0.15) is 0 Å². The lowest BCUT2D eigenvalue weighted by Gasteiger charge is -2.08. The van der Waals surface area contributed by atoms with Gasteiger partial charge in [0.15, 0.2) is 0 Å². The molecule has 0 saturated heterocycles. The Morgan fingerprint density at radius 2 is 1.86 bits per heavy atom. The smallest absolute Gasteiger partial charge is 0.228 e. The van der Waals surface area contributed by atoms with Crippen LogP contribution in [0.5, 0.6) is 0 Å². The minimum absolute atomic E-state index is 0.134. The van der Waals surface area contributed by atoms with E-state index in [0.29, 0.717) is 10.7 Å². The van der Waals surface area contributed by atoms with Crippen LogP contribution in [0.4, 0.5) is 5.69 Å². The Balaban J connectivity index is 2.12. The Labute approximate surface area is 129 Å². The Morgan fingerprint density at radius 1 is 1.14 bits per heavy atom. The van der Waals surface area contributed by atoms with Crippen LogP contribution in [0.15, 0.2) is 48.5 Å². The van der Waals surface area contributed by atoms with Gasteiger partial charge in [-0.25, -0.2) is 0 Å². The molecule has 0 saturated carbocycles. The Kier molecular flexibility index (Phi) is 5.39. The molecule has 106 valence electrons. The van der Waals surface area contributed by atoms with Gasteiger partial charge >= 0.3 is 0 Å². The minimum atomic E-state index is -0.134. The maximum Gasteiger partial charge on any atom is 0.228 e. The van der Waals surface area contributed by atoms with E-state index >= 15 is 0 Å². The number of carbonyl (C=O) groups is 1. The third kappa shape index (κ3) is 4.35. The SMILES string of the molecule is NCC#Cc1ccccc1NC(=O)Cc1ccccc1Cl. The first-order valence-corrected chi connectivity index (χ1v) is 6.89. The van der Waals surface area contributed by atoms with Gasteiger partial charge in [0.05, 0.1) is 18.7 Å². The van der Waals surface area contributed by atoms with Crippen LogP contribution < -0.4 is 11.1 Å². The number of rotatable bonds is 3. The number of anilines is 1. The summed E-state index contributed by atoms with van der Waals surface area (Å²) in [5, 5.41) is 3.44. The lowest BCUT2D eigenvalue weighted by Crippen LogP contribution is -2.15. The van der Waals surface area contributed by atoms with Gasteiger partial charge in [0.25, 0.3) is 0 Å². The number of benzene rings is 2. The third-order valence-electron chi connectivity index (χ3n) is 2.84. The summed E-state index contributed by atoms with van der Waals surface area (Å²) in [6.45, 7) is 0.280. The summed E-state index contributed by atoms with van der Waals surface area (Å²) in [4.78, 5) is 12.1. The molecule has 0 heterocycles. The number of nitrogens with two attached hydrogens (primary N) is 1. The van der Waals surface area contributed by atoms with Crippen molar-refractivity contribution in [3.63, 3.8) is 0 Å². The van der Waals surface area contributed by atoms with Crippen molar-refractivity contribution in [1.29, 1.82) is 0 Å². The van der Waals surface area contributed by atoms with Crippen molar-refractivity contribution in [1.82, 2.24) is 0 Å². The molecule has 3 N–H and O–H groups in total. The highest BCUT2D eigenvalue weighted by Crippen LogP contribution is 2.17. The summed E-state index contributed by atoms with van der Waals surface area (Å²) in [7, 11) is 0. The van der Waals surface area contributed by atoms with Gasteiger partial charge in [-0.05, 0) is 23.8 Å². The topological polar surface area (TPSA) is 55.1 Å². The standard InChI is InChI=1S/C17H15ClN2O/c18-15-9-3-1-7-14(15)12-17(21)20-16-10-4-2-6-13(16)8-5-11-19/h1-4,6-7,9-10H,11-12,19H2,(H,20,21). The van der Waals surface area contributed by atoms with Crippen molar-refractivity contribution in [3.05, 3.63) is 64.7 Å². The summed E-state index contributed by atoms with van der Waals surface area (Å²) in [6, 6.07) is 14.7. The Hall–Kier alpha value is -2.28. The van der Waals surface area contributed by atoms with Gasteiger partial charge in [-0.15, -0.1) is 0 Å². The first-order valence-electron chi connectivity index (χ1n) is 6.52. The predicted molar refractivity (Wildman–Crippen MR) is 86.2 cm³/mol. The summed E-state index contributed by atoms with van der Waals surface area (Å²) in [6.07, 6.45) is 0.221. The molecular formula is C17H15ClN2O. The Morgan fingerprint density at radius 3 is 2.62 bits per heavy atom. The molecule has 0 fully saturated rings. The van der Waals surface area contributed by atoms with Gasteiger partial charge < -0.3 is 11.1 Å². The molecule has 2 aromatic carbocycles. The molecule has 2 aromatic rings.